The Morgan fingerprint density at radius 3 is 2.57 bits per heavy atom. The SMILES string of the molecule is CC[C@@H](c1ccncc1)N(C)C(=O)c1cc(F)ccc1C. The standard InChI is InChI=1S/C17H19FN2O/c1-4-16(13-7-9-19-10-8-13)20(3)17(21)15-11-14(18)6-5-12(15)2/h5-11,16H,4H2,1-3H3/t16-/m0/s1. The van der Waals surface area contributed by atoms with Gasteiger partial charge in [-0.2, -0.15) is 0 Å². The van der Waals surface area contributed by atoms with E-state index in [1.807, 2.05) is 26.0 Å². The van der Waals surface area contributed by atoms with Gasteiger partial charge in [-0.25, -0.2) is 4.39 Å². The molecule has 1 amide bonds. The molecule has 0 aliphatic rings. The van der Waals surface area contributed by atoms with Gasteiger partial charge in [0, 0.05) is 25.0 Å². The number of hydrogen-bond acceptors (Lipinski definition) is 2. The van der Waals surface area contributed by atoms with Crippen molar-refractivity contribution in [1.29, 1.82) is 0 Å². The van der Waals surface area contributed by atoms with Crippen LogP contribution in [-0.4, -0.2) is 22.8 Å². The molecule has 0 fully saturated rings. The summed E-state index contributed by atoms with van der Waals surface area (Å²) in [5.74, 6) is -0.565. The van der Waals surface area contributed by atoms with E-state index in [9.17, 15) is 9.18 Å². The van der Waals surface area contributed by atoms with Crippen LogP contribution in [0.2, 0.25) is 0 Å². The Bertz CT molecular complexity index is 628. The number of aryl methyl sites for hydroxylation is 1. The Hall–Kier alpha value is -2.23. The van der Waals surface area contributed by atoms with E-state index >= 15 is 0 Å². The van der Waals surface area contributed by atoms with E-state index in [1.165, 1.54) is 12.1 Å². The van der Waals surface area contributed by atoms with Gasteiger partial charge >= 0.3 is 0 Å². The Balaban J connectivity index is 2.31. The van der Waals surface area contributed by atoms with Gasteiger partial charge in [0.25, 0.3) is 5.91 Å². The molecule has 0 saturated carbocycles. The number of carbonyl (C=O) groups is 1. The van der Waals surface area contributed by atoms with Gasteiger partial charge in [-0.1, -0.05) is 13.0 Å². The molecule has 0 spiro atoms. The number of rotatable bonds is 4. The maximum atomic E-state index is 13.4. The van der Waals surface area contributed by atoms with Crippen LogP contribution in [0.1, 0.15) is 40.9 Å². The summed E-state index contributed by atoms with van der Waals surface area (Å²) in [7, 11) is 1.75. The van der Waals surface area contributed by atoms with Gasteiger partial charge in [0.1, 0.15) is 5.82 Å². The zero-order valence-electron chi connectivity index (χ0n) is 12.5. The topological polar surface area (TPSA) is 33.2 Å². The van der Waals surface area contributed by atoms with E-state index in [1.54, 1.807) is 30.4 Å². The summed E-state index contributed by atoms with van der Waals surface area (Å²) in [6.07, 6.45) is 4.20. The predicted molar refractivity (Wildman–Crippen MR) is 80.5 cm³/mol. The van der Waals surface area contributed by atoms with Crippen molar-refractivity contribution >= 4 is 5.91 Å². The number of aromatic nitrogens is 1. The maximum absolute atomic E-state index is 13.4. The fourth-order valence-electron chi connectivity index (χ4n) is 2.47. The van der Waals surface area contributed by atoms with Crippen LogP contribution in [0.5, 0.6) is 0 Å². The molecule has 110 valence electrons. The number of amides is 1. The van der Waals surface area contributed by atoms with Crippen molar-refractivity contribution in [2.75, 3.05) is 7.05 Å². The van der Waals surface area contributed by atoms with Crippen molar-refractivity contribution in [3.05, 3.63) is 65.2 Å². The number of halogens is 1. The van der Waals surface area contributed by atoms with Crippen LogP contribution in [0, 0.1) is 12.7 Å². The minimum absolute atomic E-state index is 0.0526. The number of carbonyl (C=O) groups excluding carboxylic acids is 1. The van der Waals surface area contributed by atoms with Crippen molar-refractivity contribution in [3.63, 3.8) is 0 Å². The van der Waals surface area contributed by atoms with E-state index in [2.05, 4.69) is 4.98 Å². The van der Waals surface area contributed by atoms with E-state index in [0.717, 1.165) is 17.5 Å². The second kappa shape index (κ2) is 6.48. The molecular weight excluding hydrogens is 267 g/mol. The minimum atomic E-state index is -0.394. The minimum Gasteiger partial charge on any atom is -0.335 e. The molecule has 1 aromatic heterocycles. The van der Waals surface area contributed by atoms with Gasteiger partial charge in [0.15, 0.2) is 0 Å². The van der Waals surface area contributed by atoms with Crippen LogP contribution >= 0.6 is 0 Å². The Labute approximate surface area is 124 Å². The molecular formula is C17H19FN2O. The second-order valence-corrected chi connectivity index (χ2v) is 5.08. The molecule has 1 atom stereocenters. The fourth-order valence-corrected chi connectivity index (χ4v) is 2.47. The third kappa shape index (κ3) is 3.27. The van der Waals surface area contributed by atoms with Crippen molar-refractivity contribution in [2.24, 2.45) is 0 Å². The first-order valence-corrected chi connectivity index (χ1v) is 6.97. The van der Waals surface area contributed by atoms with Gasteiger partial charge in [-0.15, -0.1) is 0 Å². The first-order chi connectivity index (χ1) is 10.0. The summed E-state index contributed by atoms with van der Waals surface area (Å²) >= 11 is 0. The third-order valence-corrected chi connectivity index (χ3v) is 3.70. The Kier molecular flexibility index (Phi) is 4.68. The normalized spacial score (nSPS) is 12.0. The lowest BCUT2D eigenvalue weighted by Crippen LogP contribution is -2.31. The monoisotopic (exact) mass is 286 g/mol. The molecule has 4 heteroatoms. The highest BCUT2D eigenvalue weighted by molar-refractivity contribution is 5.95. The van der Waals surface area contributed by atoms with Crippen molar-refractivity contribution < 1.29 is 9.18 Å². The maximum Gasteiger partial charge on any atom is 0.254 e. The van der Waals surface area contributed by atoms with Crippen LogP contribution in [0.15, 0.2) is 42.7 Å². The summed E-state index contributed by atoms with van der Waals surface area (Å²) in [6.45, 7) is 3.83. The number of nitrogens with zero attached hydrogens (tertiary/aromatic N) is 2. The fraction of sp³-hybridized carbons (Fsp3) is 0.294. The lowest BCUT2D eigenvalue weighted by molar-refractivity contribution is 0.0725. The van der Waals surface area contributed by atoms with E-state index < -0.39 is 5.82 Å². The summed E-state index contributed by atoms with van der Waals surface area (Å²) in [5, 5.41) is 0. The van der Waals surface area contributed by atoms with Crippen LogP contribution in [0.25, 0.3) is 0 Å². The van der Waals surface area contributed by atoms with Crippen LogP contribution in [-0.2, 0) is 0 Å². The van der Waals surface area contributed by atoms with Gasteiger partial charge in [-0.05, 0) is 48.7 Å². The Morgan fingerprint density at radius 2 is 1.95 bits per heavy atom. The number of pyridine rings is 1. The molecule has 0 radical (unpaired) electrons. The lowest BCUT2D eigenvalue weighted by Gasteiger charge is -2.28. The predicted octanol–water partition coefficient (Wildman–Crippen LogP) is 3.75. The molecule has 21 heavy (non-hydrogen) atoms. The highest BCUT2D eigenvalue weighted by atomic mass is 19.1. The average Bonchev–Trinajstić information content (AvgIpc) is 2.50. The molecule has 1 heterocycles. The molecule has 1 aromatic carbocycles. The molecule has 2 rings (SSSR count). The zero-order valence-corrected chi connectivity index (χ0v) is 12.5. The molecule has 0 aliphatic heterocycles. The quantitative estimate of drug-likeness (QED) is 0.857. The number of hydrogen-bond donors (Lipinski definition) is 0. The van der Waals surface area contributed by atoms with Crippen molar-refractivity contribution in [1.82, 2.24) is 9.88 Å². The van der Waals surface area contributed by atoms with Gasteiger partial charge in [-0.3, -0.25) is 9.78 Å². The molecule has 3 nitrogen and oxygen atoms in total. The first kappa shape index (κ1) is 15.2. The summed E-state index contributed by atoms with van der Waals surface area (Å²) in [4.78, 5) is 18.3. The highest BCUT2D eigenvalue weighted by Crippen LogP contribution is 2.25. The largest absolute Gasteiger partial charge is 0.335 e. The molecule has 0 unspecified atom stereocenters. The first-order valence-electron chi connectivity index (χ1n) is 6.97. The zero-order chi connectivity index (χ0) is 15.4. The lowest BCUT2D eigenvalue weighted by atomic mass is 10.0. The molecule has 0 N–H and O–H groups in total. The summed E-state index contributed by atoms with van der Waals surface area (Å²) in [5.41, 5.74) is 2.21. The van der Waals surface area contributed by atoms with E-state index in [-0.39, 0.29) is 11.9 Å². The molecule has 0 saturated heterocycles. The Morgan fingerprint density at radius 1 is 1.29 bits per heavy atom. The van der Waals surface area contributed by atoms with Crippen LogP contribution < -0.4 is 0 Å². The highest BCUT2D eigenvalue weighted by Gasteiger charge is 2.22. The molecule has 2 aromatic rings. The van der Waals surface area contributed by atoms with Crippen molar-refractivity contribution in [3.8, 4) is 0 Å². The van der Waals surface area contributed by atoms with E-state index in [4.69, 9.17) is 0 Å². The second-order valence-electron chi connectivity index (χ2n) is 5.08. The summed E-state index contributed by atoms with van der Waals surface area (Å²) in [6, 6.07) is 8.04. The summed E-state index contributed by atoms with van der Waals surface area (Å²) < 4.78 is 13.4. The molecule has 0 aliphatic carbocycles. The number of benzene rings is 1. The third-order valence-electron chi connectivity index (χ3n) is 3.70. The van der Waals surface area contributed by atoms with Crippen molar-refractivity contribution in [2.45, 2.75) is 26.3 Å². The van der Waals surface area contributed by atoms with E-state index in [0.29, 0.717) is 5.56 Å². The van der Waals surface area contributed by atoms with Gasteiger partial charge in [0.05, 0.1) is 6.04 Å². The van der Waals surface area contributed by atoms with Gasteiger partial charge < -0.3 is 4.90 Å². The van der Waals surface area contributed by atoms with Crippen LogP contribution in [0.4, 0.5) is 4.39 Å². The van der Waals surface area contributed by atoms with Gasteiger partial charge in [0.2, 0.25) is 0 Å². The average molecular weight is 286 g/mol. The van der Waals surface area contributed by atoms with Crippen LogP contribution in [0.3, 0.4) is 0 Å². The molecule has 0 bridgehead atoms. The smallest absolute Gasteiger partial charge is 0.254 e.